The molecule has 0 bridgehead atoms. The van der Waals surface area contributed by atoms with Crippen LogP contribution in [0.4, 0.5) is 11.6 Å². The van der Waals surface area contributed by atoms with Crippen molar-refractivity contribution in [3.63, 3.8) is 0 Å². The van der Waals surface area contributed by atoms with Gasteiger partial charge in [-0.1, -0.05) is 42.5 Å². The highest BCUT2D eigenvalue weighted by atomic mass is 16.5. The molecular formula is C27H25N5O. The van der Waals surface area contributed by atoms with Crippen molar-refractivity contribution < 1.29 is 4.74 Å². The van der Waals surface area contributed by atoms with Crippen molar-refractivity contribution in [2.45, 2.75) is 19.3 Å². The molecule has 6 heteroatoms. The standard InChI is InChI=1S/C27H25N5O/c1-33-20-12-10-18(11-13-20)21-16-23(19-8-4-2-5-9-19)30-25-22(17-28)27(31-26(29)24(21)25)32-14-6-3-7-15-32/h2,4-5,8-13,16H,3,6-7,14-15H2,1H3,(H2,29,31). The molecule has 0 unspecified atom stereocenters. The third-order valence-electron chi connectivity index (χ3n) is 6.20. The highest BCUT2D eigenvalue weighted by molar-refractivity contribution is 6.06. The van der Waals surface area contributed by atoms with Gasteiger partial charge in [0.15, 0.2) is 5.82 Å². The van der Waals surface area contributed by atoms with Crippen LogP contribution in [0.5, 0.6) is 5.75 Å². The first-order valence-corrected chi connectivity index (χ1v) is 11.2. The number of methoxy groups -OCH3 is 1. The summed E-state index contributed by atoms with van der Waals surface area (Å²) in [7, 11) is 1.65. The minimum Gasteiger partial charge on any atom is -0.497 e. The maximum atomic E-state index is 10.2. The normalized spacial score (nSPS) is 13.6. The quantitative estimate of drug-likeness (QED) is 0.461. The number of ether oxygens (including phenoxy) is 1. The third kappa shape index (κ3) is 3.83. The Hall–Kier alpha value is -4.11. The van der Waals surface area contributed by atoms with Crippen molar-refractivity contribution in [1.82, 2.24) is 9.97 Å². The van der Waals surface area contributed by atoms with Crippen LogP contribution in [0.2, 0.25) is 0 Å². The molecule has 2 N–H and O–H groups in total. The van der Waals surface area contributed by atoms with E-state index in [2.05, 4.69) is 11.0 Å². The molecule has 1 aliphatic rings. The smallest absolute Gasteiger partial charge is 0.151 e. The molecule has 0 aliphatic carbocycles. The zero-order valence-electron chi connectivity index (χ0n) is 18.6. The topological polar surface area (TPSA) is 88.1 Å². The minimum absolute atomic E-state index is 0.391. The molecule has 0 atom stereocenters. The van der Waals surface area contributed by atoms with Crippen molar-refractivity contribution in [3.05, 3.63) is 66.2 Å². The van der Waals surface area contributed by atoms with Gasteiger partial charge >= 0.3 is 0 Å². The molecule has 0 radical (unpaired) electrons. The van der Waals surface area contributed by atoms with Crippen molar-refractivity contribution in [2.75, 3.05) is 30.8 Å². The number of nitrogens with two attached hydrogens (primary N) is 1. The average molecular weight is 436 g/mol. The number of fused-ring (bicyclic) bond motifs is 1. The van der Waals surface area contributed by atoms with Crippen LogP contribution >= 0.6 is 0 Å². The van der Waals surface area contributed by atoms with E-state index in [1.165, 1.54) is 6.42 Å². The molecule has 0 saturated carbocycles. The molecule has 3 heterocycles. The number of aromatic nitrogens is 2. The maximum absolute atomic E-state index is 10.2. The second-order valence-corrected chi connectivity index (χ2v) is 8.23. The summed E-state index contributed by atoms with van der Waals surface area (Å²) in [6.07, 6.45) is 3.36. The van der Waals surface area contributed by atoms with E-state index in [1.54, 1.807) is 7.11 Å². The van der Waals surface area contributed by atoms with Gasteiger partial charge in [-0.3, -0.25) is 0 Å². The molecule has 1 aliphatic heterocycles. The number of anilines is 2. The molecule has 0 spiro atoms. The number of nitrogen functional groups attached to an aromatic ring is 1. The zero-order chi connectivity index (χ0) is 22.8. The van der Waals surface area contributed by atoms with Crippen LogP contribution < -0.4 is 15.4 Å². The minimum atomic E-state index is 0.391. The monoisotopic (exact) mass is 435 g/mol. The van der Waals surface area contributed by atoms with Crippen molar-refractivity contribution in [1.29, 1.82) is 5.26 Å². The number of benzene rings is 2. The van der Waals surface area contributed by atoms with E-state index < -0.39 is 0 Å². The molecule has 5 rings (SSSR count). The fourth-order valence-corrected chi connectivity index (χ4v) is 4.51. The third-order valence-corrected chi connectivity index (χ3v) is 6.20. The summed E-state index contributed by atoms with van der Waals surface area (Å²) in [4.78, 5) is 11.9. The van der Waals surface area contributed by atoms with E-state index in [9.17, 15) is 5.26 Å². The Balaban J connectivity index is 1.81. The van der Waals surface area contributed by atoms with Gasteiger partial charge in [0, 0.05) is 18.7 Å². The Morgan fingerprint density at radius 3 is 2.33 bits per heavy atom. The van der Waals surface area contributed by atoms with Crippen LogP contribution in [-0.2, 0) is 0 Å². The summed E-state index contributed by atoms with van der Waals surface area (Å²) in [6, 6.07) is 22.2. The highest BCUT2D eigenvalue weighted by Gasteiger charge is 2.23. The number of hydrogen-bond donors (Lipinski definition) is 1. The number of nitrogens with zero attached hydrogens (tertiary/aromatic N) is 4. The fraction of sp³-hybridized carbons (Fsp3) is 0.222. The van der Waals surface area contributed by atoms with Gasteiger partial charge in [-0.15, -0.1) is 0 Å². The van der Waals surface area contributed by atoms with Gasteiger partial charge in [0.25, 0.3) is 0 Å². The Morgan fingerprint density at radius 2 is 1.67 bits per heavy atom. The van der Waals surface area contributed by atoms with Crippen molar-refractivity contribution in [2.24, 2.45) is 0 Å². The molecule has 4 aromatic rings. The average Bonchev–Trinajstić information content (AvgIpc) is 2.89. The second kappa shape index (κ2) is 8.79. The Morgan fingerprint density at radius 1 is 0.939 bits per heavy atom. The van der Waals surface area contributed by atoms with Crippen LogP contribution in [0.1, 0.15) is 24.8 Å². The van der Waals surface area contributed by atoms with E-state index in [4.69, 9.17) is 20.4 Å². The van der Waals surface area contributed by atoms with E-state index in [1.807, 2.05) is 60.7 Å². The number of rotatable bonds is 4. The number of nitriles is 1. The SMILES string of the molecule is COc1ccc(-c2cc(-c3ccccc3)nc3c(C#N)c(N4CCCCC4)nc(N)c23)cc1. The van der Waals surface area contributed by atoms with Gasteiger partial charge < -0.3 is 15.4 Å². The fourth-order valence-electron chi connectivity index (χ4n) is 4.51. The summed E-state index contributed by atoms with van der Waals surface area (Å²) in [5.41, 5.74) is 11.3. The lowest BCUT2D eigenvalue weighted by molar-refractivity contribution is 0.415. The van der Waals surface area contributed by atoms with E-state index in [-0.39, 0.29) is 0 Å². The van der Waals surface area contributed by atoms with E-state index in [0.29, 0.717) is 28.1 Å². The zero-order valence-corrected chi connectivity index (χ0v) is 18.6. The molecular weight excluding hydrogens is 410 g/mol. The summed E-state index contributed by atoms with van der Waals surface area (Å²) in [5, 5.41) is 10.9. The number of hydrogen-bond acceptors (Lipinski definition) is 6. The predicted molar refractivity (Wildman–Crippen MR) is 132 cm³/mol. The summed E-state index contributed by atoms with van der Waals surface area (Å²) < 4.78 is 5.33. The van der Waals surface area contributed by atoms with Crippen molar-refractivity contribution in [3.8, 4) is 34.2 Å². The van der Waals surface area contributed by atoms with Crippen LogP contribution in [0.25, 0.3) is 33.3 Å². The van der Waals surface area contributed by atoms with Gasteiger partial charge in [-0.25, -0.2) is 9.97 Å². The maximum Gasteiger partial charge on any atom is 0.151 e. The van der Waals surface area contributed by atoms with Crippen LogP contribution in [0.3, 0.4) is 0 Å². The first-order chi connectivity index (χ1) is 16.2. The van der Waals surface area contributed by atoms with Crippen molar-refractivity contribution >= 4 is 22.5 Å². The largest absolute Gasteiger partial charge is 0.497 e. The molecule has 6 nitrogen and oxygen atoms in total. The predicted octanol–water partition coefficient (Wildman–Crippen LogP) is 5.42. The lowest BCUT2D eigenvalue weighted by Gasteiger charge is -2.29. The molecule has 164 valence electrons. The molecule has 0 amide bonds. The van der Waals surface area contributed by atoms with Crippen LogP contribution in [-0.4, -0.2) is 30.2 Å². The first kappa shape index (κ1) is 20.8. The van der Waals surface area contributed by atoms with Gasteiger partial charge in [0.1, 0.15) is 23.2 Å². The Kier molecular flexibility index (Phi) is 5.54. The van der Waals surface area contributed by atoms with Gasteiger partial charge in [0.2, 0.25) is 0 Å². The number of piperidine rings is 1. The lowest BCUT2D eigenvalue weighted by atomic mass is 9.97. The molecule has 2 aromatic carbocycles. The number of pyridine rings is 2. The highest BCUT2D eigenvalue weighted by Crippen LogP contribution is 2.39. The van der Waals surface area contributed by atoms with Gasteiger partial charge in [-0.2, -0.15) is 5.26 Å². The Labute approximate surface area is 193 Å². The second-order valence-electron chi connectivity index (χ2n) is 8.23. The Bertz CT molecular complexity index is 1340. The lowest BCUT2D eigenvalue weighted by Crippen LogP contribution is -2.31. The van der Waals surface area contributed by atoms with Crippen LogP contribution in [0, 0.1) is 11.3 Å². The van der Waals surface area contributed by atoms with Gasteiger partial charge in [0.05, 0.1) is 23.7 Å². The first-order valence-electron chi connectivity index (χ1n) is 11.2. The van der Waals surface area contributed by atoms with E-state index in [0.717, 1.165) is 54.1 Å². The van der Waals surface area contributed by atoms with Gasteiger partial charge in [-0.05, 0) is 48.6 Å². The summed E-state index contributed by atoms with van der Waals surface area (Å²) in [5.74, 6) is 1.81. The summed E-state index contributed by atoms with van der Waals surface area (Å²) in [6.45, 7) is 1.74. The van der Waals surface area contributed by atoms with E-state index >= 15 is 0 Å². The summed E-state index contributed by atoms with van der Waals surface area (Å²) >= 11 is 0. The molecule has 1 fully saturated rings. The molecule has 33 heavy (non-hydrogen) atoms. The molecule has 1 saturated heterocycles. The molecule has 2 aromatic heterocycles. The van der Waals surface area contributed by atoms with Crippen LogP contribution in [0.15, 0.2) is 60.7 Å².